The summed E-state index contributed by atoms with van der Waals surface area (Å²) in [6, 6.07) is 6.48. The third-order valence-corrected chi connectivity index (χ3v) is 2.50. The van der Waals surface area contributed by atoms with Crippen LogP contribution in [-0.2, 0) is 4.74 Å². The molecule has 0 saturated carbocycles. The fraction of sp³-hybridized carbons (Fsp3) is 0.300. The van der Waals surface area contributed by atoms with E-state index in [0.29, 0.717) is 10.6 Å². The average molecular weight is 228 g/mol. The minimum Gasteiger partial charge on any atom is -0.447 e. The van der Waals surface area contributed by atoms with Crippen molar-refractivity contribution < 1.29 is 14.6 Å². The highest BCUT2D eigenvalue weighted by Crippen LogP contribution is 2.22. The van der Waals surface area contributed by atoms with Crippen molar-refractivity contribution in [1.82, 2.24) is 5.32 Å². The predicted octanol–water partition coefficient (Wildman–Crippen LogP) is 1.48. The van der Waals surface area contributed by atoms with E-state index in [-0.39, 0.29) is 6.61 Å². The normalized spacial score (nSPS) is 22.0. The van der Waals surface area contributed by atoms with E-state index in [4.69, 9.17) is 16.3 Å². The molecule has 0 radical (unpaired) electrons. The summed E-state index contributed by atoms with van der Waals surface area (Å²) >= 11 is 5.79. The monoisotopic (exact) mass is 227 g/mol. The number of carbonyl (C=O) groups is 1. The summed E-state index contributed by atoms with van der Waals surface area (Å²) in [5, 5.41) is 13.0. The van der Waals surface area contributed by atoms with Crippen LogP contribution in [0.2, 0.25) is 5.02 Å². The molecule has 5 heteroatoms. The number of ether oxygens (including phenoxy) is 1. The van der Waals surface area contributed by atoms with Crippen LogP contribution >= 0.6 is 11.6 Å². The highest BCUT2D eigenvalue weighted by atomic mass is 35.5. The lowest BCUT2D eigenvalue weighted by atomic mass is 10.0. The smallest absolute Gasteiger partial charge is 0.407 e. The van der Waals surface area contributed by atoms with Gasteiger partial charge in [-0.1, -0.05) is 23.7 Å². The molecule has 1 fully saturated rings. The van der Waals surface area contributed by atoms with Crippen molar-refractivity contribution in [3.05, 3.63) is 34.9 Å². The second-order valence-corrected chi connectivity index (χ2v) is 3.79. The molecule has 2 rings (SSSR count). The molecule has 1 aliphatic rings. The largest absolute Gasteiger partial charge is 0.447 e. The molecule has 15 heavy (non-hydrogen) atoms. The lowest BCUT2D eigenvalue weighted by Crippen LogP contribution is -2.32. The van der Waals surface area contributed by atoms with Gasteiger partial charge >= 0.3 is 6.09 Å². The van der Waals surface area contributed by atoms with Crippen LogP contribution in [0.1, 0.15) is 11.7 Å². The van der Waals surface area contributed by atoms with E-state index in [1.165, 1.54) is 0 Å². The summed E-state index contributed by atoms with van der Waals surface area (Å²) in [7, 11) is 0. The van der Waals surface area contributed by atoms with E-state index in [0.717, 1.165) is 0 Å². The van der Waals surface area contributed by atoms with Crippen LogP contribution in [0.15, 0.2) is 24.3 Å². The van der Waals surface area contributed by atoms with Crippen molar-refractivity contribution in [3.8, 4) is 0 Å². The second kappa shape index (κ2) is 4.08. The van der Waals surface area contributed by atoms with Crippen molar-refractivity contribution in [2.75, 3.05) is 6.61 Å². The number of hydrogen-bond donors (Lipinski definition) is 2. The first kappa shape index (κ1) is 10.3. The zero-order valence-electron chi connectivity index (χ0n) is 7.81. The molecular weight excluding hydrogens is 218 g/mol. The van der Waals surface area contributed by atoms with Gasteiger partial charge in [-0.05, 0) is 17.7 Å². The highest BCUT2D eigenvalue weighted by Gasteiger charge is 2.29. The summed E-state index contributed by atoms with van der Waals surface area (Å²) in [4.78, 5) is 10.8. The number of aliphatic hydroxyl groups is 1. The van der Waals surface area contributed by atoms with Gasteiger partial charge < -0.3 is 15.2 Å². The molecule has 80 valence electrons. The van der Waals surface area contributed by atoms with Crippen LogP contribution in [0.4, 0.5) is 4.79 Å². The summed E-state index contributed by atoms with van der Waals surface area (Å²) in [5.74, 6) is 0. The number of carbonyl (C=O) groups excluding carboxylic acids is 1. The van der Waals surface area contributed by atoms with Crippen LogP contribution in [0.25, 0.3) is 0 Å². The fourth-order valence-electron chi connectivity index (χ4n) is 1.49. The average Bonchev–Trinajstić information content (AvgIpc) is 2.64. The van der Waals surface area contributed by atoms with Crippen LogP contribution in [0, 0.1) is 0 Å². The minimum absolute atomic E-state index is 0.173. The van der Waals surface area contributed by atoms with E-state index in [1.807, 2.05) is 0 Å². The summed E-state index contributed by atoms with van der Waals surface area (Å²) in [6.45, 7) is 0.173. The molecular formula is C10H10ClNO3. The molecule has 2 atom stereocenters. The standard InChI is InChI=1S/C10H10ClNO3/c11-7-3-1-2-6(4-7)9(13)8-5-15-10(14)12-8/h1-4,8-9,13H,5H2,(H,12,14)/t8?,9-/m1/s1. The number of hydrogen-bond acceptors (Lipinski definition) is 3. The molecule has 1 aromatic carbocycles. The van der Waals surface area contributed by atoms with Gasteiger partial charge in [0.05, 0.1) is 6.04 Å². The van der Waals surface area contributed by atoms with Crippen LogP contribution in [0.3, 0.4) is 0 Å². The van der Waals surface area contributed by atoms with Crippen molar-refractivity contribution in [2.24, 2.45) is 0 Å². The first-order chi connectivity index (χ1) is 7.16. The maximum absolute atomic E-state index is 10.8. The van der Waals surface area contributed by atoms with Gasteiger partial charge in [-0.25, -0.2) is 4.79 Å². The van der Waals surface area contributed by atoms with Crippen molar-refractivity contribution in [3.63, 3.8) is 0 Å². The van der Waals surface area contributed by atoms with Gasteiger partial charge in [-0.2, -0.15) is 0 Å². The number of amides is 1. The van der Waals surface area contributed by atoms with Crippen LogP contribution in [0.5, 0.6) is 0 Å². The molecule has 1 heterocycles. The SMILES string of the molecule is O=C1NC([C@H](O)c2cccc(Cl)c2)CO1. The van der Waals surface area contributed by atoms with Gasteiger partial charge in [0.1, 0.15) is 12.7 Å². The van der Waals surface area contributed by atoms with E-state index < -0.39 is 18.2 Å². The number of benzene rings is 1. The van der Waals surface area contributed by atoms with Crippen LogP contribution in [-0.4, -0.2) is 23.8 Å². The summed E-state index contributed by atoms with van der Waals surface area (Å²) < 4.78 is 4.70. The molecule has 0 aromatic heterocycles. The first-order valence-electron chi connectivity index (χ1n) is 4.53. The quantitative estimate of drug-likeness (QED) is 0.805. The lowest BCUT2D eigenvalue weighted by molar-refractivity contribution is 0.125. The van der Waals surface area contributed by atoms with Gasteiger partial charge in [-0.15, -0.1) is 0 Å². The van der Waals surface area contributed by atoms with Crippen molar-refractivity contribution in [2.45, 2.75) is 12.1 Å². The molecule has 0 bridgehead atoms. The van der Waals surface area contributed by atoms with Gasteiger partial charge in [-0.3, -0.25) is 0 Å². The van der Waals surface area contributed by atoms with E-state index in [1.54, 1.807) is 24.3 Å². The van der Waals surface area contributed by atoms with E-state index >= 15 is 0 Å². The zero-order chi connectivity index (χ0) is 10.8. The number of alkyl carbamates (subject to hydrolysis) is 1. The Morgan fingerprint density at radius 1 is 1.60 bits per heavy atom. The molecule has 1 aromatic rings. The lowest BCUT2D eigenvalue weighted by Gasteiger charge is -2.16. The number of aliphatic hydroxyl groups excluding tert-OH is 1. The third kappa shape index (κ3) is 2.22. The number of halogens is 1. The molecule has 1 unspecified atom stereocenters. The molecule has 4 nitrogen and oxygen atoms in total. The van der Waals surface area contributed by atoms with Gasteiger partial charge in [0.25, 0.3) is 0 Å². The number of rotatable bonds is 2. The van der Waals surface area contributed by atoms with E-state index in [9.17, 15) is 9.90 Å². The molecule has 1 saturated heterocycles. The third-order valence-electron chi connectivity index (χ3n) is 2.27. The Balaban J connectivity index is 2.13. The Labute approximate surface area is 91.8 Å². The topological polar surface area (TPSA) is 58.6 Å². The Kier molecular flexibility index (Phi) is 2.79. The highest BCUT2D eigenvalue weighted by molar-refractivity contribution is 6.30. The van der Waals surface area contributed by atoms with Gasteiger partial charge in [0, 0.05) is 5.02 Å². The Morgan fingerprint density at radius 2 is 2.40 bits per heavy atom. The fourth-order valence-corrected chi connectivity index (χ4v) is 1.69. The van der Waals surface area contributed by atoms with E-state index in [2.05, 4.69) is 5.32 Å². The summed E-state index contributed by atoms with van der Waals surface area (Å²) in [6.07, 6.45) is -1.30. The number of nitrogens with one attached hydrogen (secondary N) is 1. The molecule has 0 spiro atoms. The second-order valence-electron chi connectivity index (χ2n) is 3.35. The number of cyclic esters (lactones) is 1. The van der Waals surface area contributed by atoms with Crippen LogP contribution < -0.4 is 5.32 Å². The predicted molar refractivity (Wildman–Crippen MR) is 54.7 cm³/mol. The molecule has 1 aliphatic heterocycles. The minimum atomic E-state index is -0.796. The Bertz CT molecular complexity index is 383. The van der Waals surface area contributed by atoms with Crippen molar-refractivity contribution >= 4 is 17.7 Å². The zero-order valence-corrected chi connectivity index (χ0v) is 8.57. The summed E-state index contributed by atoms with van der Waals surface area (Å²) in [5.41, 5.74) is 0.665. The maximum atomic E-state index is 10.8. The Hall–Kier alpha value is -1.26. The maximum Gasteiger partial charge on any atom is 0.407 e. The van der Waals surface area contributed by atoms with Crippen molar-refractivity contribution in [1.29, 1.82) is 0 Å². The van der Waals surface area contributed by atoms with Gasteiger partial charge in [0.15, 0.2) is 0 Å². The molecule has 1 amide bonds. The molecule has 0 aliphatic carbocycles. The van der Waals surface area contributed by atoms with Gasteiger partial charge in [0.2, 0.25) is 0 Å². The first-order valence-corrected chi connectivity index (χ1v) is 4.91. The molecule has 2 N–H and O–H groups in total. The Morgan fingerprint density at radius 3 is 3.00 bits per heavy atom.